The van der Waals surface area contributed by atoms with E-state index in [2.05, 4.69) is 35.9 Å². The lowest BCUT2D eigenvalue weighted by atomic mass is 9.74. The molecular weight excluding hydrogens is 381 g/mol. The fraction of sp³-hybridized carbons (Fsp3) is 0.583. The minimum atomic E-state index is -1.04. The van der Waals surface area contributed by atoms with Crippen LogP contribution < -0.4 is 5.32 Å². The number of nitrogens with zero attached hydrogens (tertiary/aromatic N) is 2. The Kier molecular flexibility index (Phi) is 7.14. The van der Waals surface area contributed by atoms with Gasteiger partial charge in [0, 0.05) is 6.42 Å². The van der Waals surface area contributed by atoms with Gasteiger partial charge in [-0.3, -0.25) is 9.69 Å². The number of carbonyl (C=O) groups excluding carboxylic acids is 2. The Hall–Kier alpha value is -2.39. The smallest absolute Gasteiger partial charge is 0.322 e. The predicted molar refractivity (Wildman–Crippen MR) is 115 cm³/mol. The summed E-state index contributed by atoms with van der Waals surface area (Å²) in [5.74, 6) is 5.67. The van der Waals surface area contributed by atoms with Crippen LogP contribution in [0.25, 0.3) is 0 Å². The average molecular weight is 414 g/mol. The average Bonchev–Trinajstić information content (AvgIpc) is 2.95. The van der Waals surface area contributed by atoms with Crippen LogP contribution in [0.15, 0.2) is 24.3 Å². The molecule has 2 heterocycles. The molecule has 2 fully saturated rings. The number of likely N-dealkylation sites (tertiary alicyclic amines) is 1. The van der Waals surface area contributed by atoms with Crippen LogP contribution in [0, 0.1) is 29.5 Å². The molecule has 2 aliphatic rings. The molecule has 2 saturated heterocycles. The lowest BCUT2D eigenvalue weighted by molar-refractivity contribution is -0.133. The van der Waals surface area contributed by atoms with E-state index in [9.17, 15) is 14.0 Å². The van der Waals surface area contributed by atoms with Gasteiger partial charge in [0.1, 0.15) is 11.4 Å². The van der Waals surface area contributed by atoms with E-state index in [4.69, 9.17) is 0 Å². The first-order valence-corrected chi connectivity index (χ1v) is 10.9. The Morgan fingerprint density at radius 3 is 2.63 bits per heavy atom. The molecule has 3 rings (SSSR count). The second-order valence-electron chi connectivity index (χ2n) is 8.82. The SMILES string of the molecule is CC#CCN1C(=O)NC(Cc2cccc(F)c2)(C2CCN(CCC(C)C)CC2)C1=O. The Labute approximate surface area is 179 Å². The number of imide groups is 1. The number of piperidine rings is 1. The number of benzene rings is 1. The molecule has 0 aromatic heterocycles. The molecule has 1 aromatic rings. The molecule has 5 nitrogen and oxygen atoms in total. The van der Waals surface area contributed by atoms with Crippen LogP contribution in [0.4, 0.5) is 9.18 Å². The lowest BCUT2D eigenvalue weighted by Crippen LogP contribution is -2.57. The predicted octanol–water partition coefficient (Wildman–Crippen LogP) is 3.44. The number of rotatable bonds is 7. The van der Waals surface area contributed by atoms with E-state index < -0.39 is 11.6 Å². The Morgan fingerprint density at radius 2 is 2.00 bits per heavy atom. The van der Waals surface area contributed by atoms with Gasteiger partial charge in [0.25, 0.3) is 5.91 Å². The van der Waals surface area contributed by atoms with Gasteiger partial charge in [-0.2, -0.15) is 0 Å². The van der Waals surface area contributed by atoms with Crippen molar-refractivity contribution >= 4 is 11.9 Å². The molecule has 3 amide bonds. The zero-order chi connectivity index (χ0) is 21.7. The van der Waals surface area contributed by atoms with Gasteiger partial charge >= 0.3 is 6.03 Å². The second-order valence-corrected chi connectivity index (χ2v) is 8.82. The van der Waals surface area contributed by atoms with Crippen molar-refractivity contribution in [2.24, 2.45) is 11.8 Å². The van der Waals surface area contributed by atoms with Gasteiger partial charge in [0.15, 0.2) is 0 Å². The molecule has 0 spiro atoms. The zero-order valence-corrected chi connectivity index (χ0v) is 18.2. The fourth-order valence-electron chi connectivity index (χ4n) is 4.55. The molecule has 6 heteroatoms. The number of hydrogen-bond acceptors (Lipinski definition) is 3. The molecule has 0 aliphatic carbocycles. The highest BCUT2D eigenvalue weighted by Gasteiger charge is 2.55. The molecule has 0 radical (unpaired) electrons. The number of halogens is 1. The van der Waals surface area contributed by atoms with Crippen LogP contribution in [0.2, 0.25) is 0 Å². The monoisotopic (exact) mass is 413 g/mol. The maximum atomic E-state index is 13.8. The minimum Gasteiger partial charge on any atom is -0.322 e. The lowest BCUT2D eigenvalue weighted by Gasteiger charge is -2.41. The highest BCUT2D eigenvalue weighted by molar-refractivity contribution is 6.07. The summed E-state index contributed by atoms with van der Waals surface area (Å²) in [5, 5.41) is 3.01. The van der Waals surface area contributed by atoms with Crippen LogP contribution in [-0.4, -0.2) is 53.5 Å². The zero-order valence-electron chi connectivity index (χ0n) is 18.2. The van der Waals surface area contributed by atoms with Gasteiger partial charge < -0.3 is 10.2 Å². The van der Waals surface area contributed by atoms with E-state index in [1.165, 1.54) is 17.0 Å². The Morgan fingerprint density at radius 1 is 1.27 bits per heavy atom. The fourth-order valence-corrected chi connectivity index (χ4v) is 4.55. The van der Waals surface area contributed by atoms with Crippen molar-refractivity contribution in [3.05, 3.63) is 35.6 Å². The largest absolute Gasteiger partial charge is 0.325 e. The highest BCUT2D eigenvalue weighted by atomic mass is 19.1. The quantitative estimate of drug-likeness (QED) is 0.550. The summed E-state index contributed by atoms with van der Waals surface area (Å²) in [6, 6.07) is 5.90. The van der Waals surface area contributed by atoms with Crippen molar-refractivity contribution in [1.82, 2.24) is 15.1 Å². The van der Waals surface area contributed by atoms with Gasteiger partial charge in [-0.05, 0) is 75.4 Å². The molecule has 1 aromatic carbocycles. The van der Waals surface area contributed by atoms with E-state index >= 15 is 0 Å². The number of hydrogen-bond donors (Lipinski definition) is 1. The van der Waals surface area contributed by atoms with Gasteiger partial charge in [-0.15, -0.1) is 5.92 Å². The van der Waals surface area contributed by atoms with Gasteiger partial charge in [0.05, 0.1) is 6.54 Å². The van der Waals surface area contributed by atoms with E-state index in [1.54, 1.807) is 13.0 Å². The number of urea groups is 1. The molecule has 30 heavy (non-hydrogen) atoms. The number of amides is 3. The molecular formula is C24H32FN3O2. The first kappa shape index (κ1) is 22.3. The summed E-state index contributed by atoms with van der Waals surface area (Å²) in [6.45, 7) is 9.08. The third kappa shape index (κ3) is 4.84. The molecule has 0 saturated carbocycles. The van der Waals surface area contributed by atoms with E-state index in [0.717, 1.165) is 38.9 Å². The van der Waals surface area contributed by atoms with E-state index in [1.807, 2.05) is 6.07 Å². The van der Waals surface area contributed by atoms with Gasteiger partial charge in [0.2, 0.25) is 0 Å². The topological polar surface area (TPSA) is 52.7 Å². The molecule has 2 aliphatic heterocycles. The number of nitrogens with one attached hydrogen (secondary N) is 1. The first-order valence-electron chi connectivity index (χ1n) is 10.9. The molecule has 0 bridgehead atoms. The third-order valence-corrected chi connectivity index (χ3v) is 6.30. The first-order chi connectivity index (χ1) is 14.4. The molecule has 1 atom stereocenters. The Bertz CT molecular complexity index is 836. The highest BCUT2D eigenvalue weighted by Crippen LogP contribution is 2.36. The van der Waals surface area contributed by atoms with Gasteiger partial charge in [-0.1, -0.05) is 31.9 Å². The van der Waals surface area contributed by atoms with Crippen molar-refractivity contribution in [3.8, 4) is 11.8 Å². The Balaban J connectivity index is 1.83. The van der Waals surface area contributed by atoms with Crippen molar-refractivity contribution in [2.75, 3.05) is 26.2 Å². The summed E-state index contributed by atoms with van der Waals surface area (Å²) in [6.07, 6.45) is 3.10. The summed E-state index contributed by atoms with van der Waals surface area (Å²) in [5.41, 5.74) is -0.320. The minimum absolute atomic E-state index is 0.00658. The molecule has 162 valence electrons. The summed E-state index contributed by atoms with van der Waals surface area (Å²) in [7, 11) is 0. The van der Waals surface area contributed by atoms with E-state index in [-0.39, 0.29) is 24.2 Å². The van der Waals surface area contributed by atoms with E-state index in [0.29, 0.717) is 17.9 Å². The summed E-state index contributed by atoms with van der Waals surface area (Å²) < 4.78 is 13.8. The van der Waals surface area contributed by atoms with Crippen LogP contribution in [0.5, 0.6) is 0 Å². The maximum absolute atomic E-state index is 13.8. The molecule has 1 N–H and O–H groups in total. The van der Waals surface area contributed by atoms with Crippen molar-refractivity contribution in [3.63, 3.8) is 0 Å². The van der Waals surface area contributed by atoms with Crippen LogP contribution >= 0.6 is 0 Å². The second kappa shape index (κ2) is 9.61. The van der Waals surface area contributed by atoms with Crippen LogP contribution in [0.1, 0.15) is 45.6 Å². The van der Waals surface area contributed by atoms with Crippen molar-refractivity contribution in [1.29, 1.82) is 0 Å². The standard InChI is InChI=1S/C24H32FN3O2/c1-4-5-12-28-22(29)24(26-23(28)30,17-19-7-6-8-21(25)16-19)20-10-14-27(15-11-20)13-9-18(2)3/h6-8,16,18,20H,9-15,17H2,1-3H3,(H,26,30). The maximum Gasteiger partial charge on any atom is 0.325 e. The van der Waals surface area contributed by atoms with Crippen LogP contribution in [-0.2, 0) is 11.2 Å². The van der Waals surface area contributed by atoms with Crippen molar-refractivity contribution < 1.29 is 14.0 Å². The normalized spacial score (nSPS) is 22.9. The summed E-state index contributed by atoms with van der Waals surface area (Å²) in [4.78, 5) is 29.8. The van der Waals surface area contributed by atoms with Crippen LogP contribution in [0.3, 0.4) is 0 Å². The number of carbonyl (C=O) groups is 2. The summed E-state index contributed by atoms with van der Waals surface area (Å²) >= 11 is 0. The molecule has 1 unspecified atom stereocenters. The third-order valence-electron chi connectivity index (χ3n) is 6.30. The van der Waals surface area contributed by atoms with Gasteiger partial charge in [-0.25, -0.2) is 9.18 Å². The van der Waals surface area contributed by atoms with Crippen molar-refractivity contribution in [2.45, 2.75) is 52.0 Å².